The van der Waals surface area contributed by atoms with Crippen LogP contribution in [0.3, 0.4) is 0 Å². The Morgan fingerprint density at radius 1 is 1.00 bits per heavy atom. The molecule has 0 radical (unpaired) electrons. The van der Waals surface area contributed by atoms with Gasteiger partial charge in [-0.2, -0.15) is 0 Å². The van der Waals surface area contributed by atoms with Crippen LogP contribution in [0.25, 0.3) is 0 Å². The van der Waals surface area contributed by atoms with Gasteiger partial charge >= 0.3 is 192 Å². The van der Waals surface area contributed by atoms with Crippen LogP contribution < -0.4 is 184 Å². The summed E-state index contributed by atoms with van der Waals surface area (Å²) < 4.78 is 8.88. The van der Waals surface area contributed by atoms with Crippen molar-refractivity contribution in [3.05, 3.63) is 0 Å². The normalized spacial score (nSPS) is 5.90. The average molecular weight is 279 g/mol. The van der Waals surface area contributed by atoms with Crippen LogP contribution in [0.2, 0.25) is 0 Å². The Morgan fingerprint density at radius 2 is 1.00 bits per heavy atom. The van der Waals surface area contributed by atoms with Gasteiger partial charge in [0.2, 0.25) is 0 Å². The van der Waals surface area contributed by atoms with Gasteiger partial charge in [0.15, 0.2) is 0 Å². The number of hydrogen-bond donors (Lipinski definition) is 3. The van der Waals surface area contributed by atoms with Gasteiger partial charge in [0, 0.05) is 0 Å². The molecule has 0 aromatic rings. The van der Waals surface area contributed by atoms with Crippen molar-refractivity contribution in [3.8, 4) is 0 Å². The van der Waals surface area contributed by atoms with E-state index in [-0.39, 0.29) is 202 Å². The first kappa shape index (κ1) is 36.0. The fourth-order valence-corrected chi connectivity index (χ4v) is 0. The van der Waals surface area contributed by atoms with Crippen LogP contribution in [0, 0.1) is 0 Å². The van der Waals surface area contributed by atoms with E-state index < -0.39 is 7.82 Å². The molecule has 0 spiro atoms. The maximum Gasteiger partial charge on any atom is 1.00 e. The Kier molecular flexibility index (Phi) is 74.4. The van der Waals surface area contributed by atoms with Crippen LogP contribution in [-0.2, 0) is 4.57 Å². The zero-order valence-electron chi connectivity index (χ0n) is 10.6. The summed E-state index contributed by atoms with van der Waals surface area (Å²) in [4.78, 5) is 21.6. The van der Waals surface area contributed by atoms with Crippen molar-refractivity contribution < 1.29 is 209 Å². The first-order chi connectivity index (χ1) is 2.00. The third-order valence-electron chi connectivity index (χ3n) is 0. The molecule has 0 unspecified atom stereocenters. The molecular formula is H8ClK3NaO4P. The second-order valence-electron chi connectivity index (χ2n) is 0.513. The predicted octanol–water partition coefficient (Wildman–Crippen LogP) is -12.0. The van der Waals surface area contributed by atoms with Gasteiger partial charge in [-0.15, -0.1) is 12.4 Å². The summed E-state index contributed by atoms with van der Waals surface area (Å²) in [5.74, 6) is 0. The molecule has 0 amide bonds. The molecule has 0 saturated heterocycles. The van der Waals surface area contributed by atoms with Crippen LogP contribution in [0.5, 0.6) is 0 Å². The molecule has 0 rings (SSSR count). The predicted molar refractivity (Wildman–Crippen MR) is 26.0 cm³/mol. The average Bonchev–Trinajstić information content (AvgIpc) is 0.722. The monoisotopic (exact) mass is 278 g/mol. The summed E-state index contributed by atoms with van der Waals surface area (Å²) >= 11 is 0. The molecule has 0 aromatic heterocycles. The molecule has 0 fully saturated rings. The van der Waals surface area contributed by atoms with Crippen LogP contribution in [0.4, 0.5) is 0 Å². The third kappa shape index (κ3) is 63.7. The van der Waals surface area contributed by atoms with Crippen molar-refractivity contribution in [3.63, 3.8) is 0 Å². The van der Waals surface area contributed by atoms with E-state index in [1.165, 1.54) is 0 Å². The van der Waals surface area contributed by atoms with Crippen molar-refractivity contribution in [1.29, 1.82) is 0 Å². The fraction of sp³-hybridized carbons (Fsp3) is 0. The molecule has 0 aliphatic heterocycles. The molecular weight excluding hydrogens is 271 g/mol. The van der Waals surface area contributed by atoms with Crippen LogP contribution in [-0.4, -0.2) is 14.7 Å². The van der Waals surface area contributed by atoms with Crippen molar-refractivity contribution in [2.45, 2.75) is 0 Å². The summed E-state index contributed by atoms with van der Waals surface area (Å²) in [6.45, 7) is 0. The van der Waals surface area contributed by atoms with E-state index in [4.69, 9.17) is 19.2 Å². The largest absolute Gasteiger partial charge is 1.00 e. The maximum absolute atomic E-state index is 8.88. The van der Waals surface area contributed by atoms with Gasteiger partial charge in [0.25, 0.3) is 0 Å². The molecule has 48 valence electrons. The van der Waals surface area contributed by atoms with Crippen molar-refractivity contribution in [1.82, 2.24) is 0 Å². The van der Waals surface area contributed by atoms with Crippen LogP contribution in [0.1, 0.15) is 5.71 Å². The zero-order chi connectivity index (χ0) is 4.50. The van der Waals surface area contributed by atoms with Gasteiger partial charge in [-0.1, -0.05) is 0 Å². The van der Waals surface area contributed by atoms with Gasteiger partial charge in [-0.25, -0.2) is 4.57 Å². The van der Waals surface area contributed by atoms with E-state index in [1.807, 2.05) is 0 Å². The number of phosphoric acid groups is 1. The van der Waals surface area contributed by atoms with E-state index >= 15 is 0 Å². The smallest absolute Gasteiger partial charge is 1.00 e. The molecule has 0 aliphatic rings. The first-order valence-electron chi connectivity index (χ1n) is 0.783. The molecule has 0 aliphatic carbocycles. The van der Waals surface area contributed by atoms with Gasteiger partial charge in [-0.05, 0) is 0 Å². The van der Waals surface area contributed by atoms with Crippen LogP contribution >= 0.6 is 20.2 Å². The standard InChI is InChI=1S/ClH.3K.Na.H3O4P.4H/c;;;;;1-5(2,3)4;;;;/h1H;;;;;(H3,1,2,3,4);;;;/q;4*+1;;4*-1. The van der Waals surface area contributed by atoms with Crippen molar-refractivity contribution >= 4 is 20.2 Å². The van der Waals surface area contributed by atoms with E-state index in [1.54, 1.807) is 0 Å². The Hall–Kier alpha value is 6.31. The Morgan fingerprint density at radius 3 is 1.00 bits per heavy atom. The molecule has 10 heteroatoms. The first-order valence-corrected chi connectivity index (χ1v) is 2.35. The molecule has 0 saturated carbocycles. The quantitative estimate of drug-likeness (QED) is 0.304. The number of hydrogen-bond acceptors (Lipinski definition) is 1. The number of halogens is 1. The van der Waals surface area contributed by atoms with E-state index in [0.717, 1.165) is 0 Å². The number of rotatable bonds is 0. The minimum absolute atomic E-state index is 0. The van der Waals surface area contributed by atoms with Gasteiger partial charge in [-0.3, -0.25) is 0 Å². The van der Waals surface area contributed by atoms with E-state index in [9.17, 15) is 0 Å². The minimum atomic E-state index is -4.64. The summed E-state index contributed by atoms with van der Waals surface area (Å²) in [7, 11) is -4.64. The van der Waals surface area contributed by atoms with Gasteiger partial charge in [0.05, 0.1) is 0 Å². The van der Waals surface area contributed by atoms with Crippen molar-refractivity contribution in [2.24, 2.45) is 0 Å². The topological polar surface area (TPSA) is 77.8 Å². The van der Waals surface area contributed by atoms with Gasteiger partial charge in [0.1, 0.15) is 0 Å². The molecule has 0 heterocycles. The van der Waals surface area contributed by atoms with E-state index in [2.05, 4.69) is 0 Å². The van der Waals surface area contributed by atoms with Crippen LogP contribution in [0.15, 0.2) is 0 Å². The summed E-state index contributed by atoms with van der Waals surface area (Å²) in [6, 6.07) is 0. The van der Waals surface area contributed by atoms with Gasteiger partial charge < -0.3 is 20.4 Å². The zero-order valence-corrected chi connectivity index (χ0v) is 19.7. The summed E-state index contributed by atoms with van der Waals surface area (Å²) in [5.41, 5.74) is 0. The minimum Gasteiger partial charge on any atom is -1.00 e. The molecule has 10 heavy (non-hydrogen) atoms. The second-order valence-corrected chi connectivity index (χ2v) is 1.54. The Bertz CT molecular complexity index is 78.7. The maximum atomic E-state index is 8.88. The fourth-order valence-electron chi connectivity index (χ4n) is 0. The second kappa shape index (κ2) is 20.7. The SMILES string of the molecule is Cl.O=P(O)(O)O.[H-].[H-].[H-].[H-].[K+].[K+].[K+].[Na+]. The molecule has 0 bridgehead atoms. The van der Waals surface area contributed by atoms with E-state index in [0.29, 0.717) is 0 Å². The molecule has 3 N–H and O–H groups in total. The molecule has 0 atom stereocenters. The molecule has 0 aromatic carbocycles. The summed E-state index contributed by atoms with van der Waals surface area (Å²) in [6.07, 6.45) is 0. The van der Waals surface area contributed by atoms with Crippen molar-refractivity contribution in [2.75, 3.05) is 0 Å². The Labute approximate surface area is 222 Å². The Balaban J connectivity index is -0.00000000222. The molecule has 4 nitrogen and oxygen atoms in total. The summed E-state index contributed by atoms with van der Waals surface area (Å²) in [5, 5.41) is 0. The third-order valence-corrected chi connectivity index (χ3v) is 0.